The number of nitrogens with zero attached hydrogens (tertiary/aromatic N) is 2. The molecule has 17 heavy (non-hydrogen) atoms. The Kier molecular flexibility index (Phi) is 3.35. The van der Waals surface area contributed by atoms with E-state index in [2.05, 4.69) is 4.98 Å². The fourth-order valence-electron chi connectivity index (χ4n) is 1.86. The molecular weight excluding hydrogens is 240 g/mol. The molecule has 2 heterocycles. The highest BCUT2D eigenvalue weighted by molar-refractivity contribution is 6.30. The molecule has 1 N–H and O–H groups in total. The van der Waals surface area contributed by atoms with Crippen LogP contribution in [0.5, 0.6) is 0 Å². The number of amides is 1. The van der Waals surface area contributed by atoms with Gasteiger partial charge in [0, 0.05) is 19.3 Å². The molecule has 1 aromatic heterocycles. The number of carbonyl (C=O) groups excluding carboxylic acids is 1. The van der Waals surface area contributed by atoms with Crippen molar-refractivity contribution in [2.75, 3.05) is 13.1 Å². The van der Waals surface area contributed by atoms with Gasteiger partial charge in [-0.05, 0) is 31.9 Å². The van der Waals surface area contributed by atoms with E-state index in [1.54, 1.807) is 24.0 Å². The van der Waals surface area contributed by atoms with Crippen LogP contribution in [-0.4, -0.2) is 39.6 Å². The van der Waals surface area contributed by atoms with Gasteiger partial charge in [-0.15, -0.1) is 0 Å². The van der Waals surface area contributed by atoms with Gasteiger partial charge in [-0.1, -0.05) is 11.6 Å². The van der Waals surface area contributed by atoms with Crippen molar-refractivity contribution in [1.29, 1.82) is 0 Å². The molecule has 92 valence electrons. The van der Waals surface area contributed by atoms with Crippen molar-refractivity contribution in [2.24, 2.45) is 0 Å². The Labute approximate surface area is 105 Å². The maximum atomic E-state index is 12.1. The van der Waals surface area contributed by atoms with Crippen molar-refractivity contribution in [2.45, 2.75) is 25.4 Å². The van der Waals surface area contributed by atoms with Crippen LogP contribution in [0.2, 0.25) is 5.02 Å². The van der Waals surface area contributed by atoms with Gasteiger partial charge in [0.25, 0.3) is 5.91 Å². The zero-order chi connectivity index (χ0) is 12.5. The standard InChI is InChI=1S/C12H15ClN2O2/c1-12(17)4-6-15(7-5-12)11(16)10-3-2-9(13)8-14-10/h2-3,8,17H,4-7H2,1H3. The minimum Gasteiger partial charge on any atom is -0.390 e. The second kappa shape index (κ2) is 4.63. The Balaban J connectivity index is 2.04. The fourth-order valence-corrected chi connectivity index (χ4v) is 1.97. The molecule has 1 aromatic rings. The highest BCUT2D eigenvalue weighted by atomic mass is 35.5. The van der Waals surface area contributed by atoms with Crippen molar-refractivity contribution >= 4 is 17.5 Å². The first-order chi connectivity index (χ1) is 7.98. The number of halogens is 1. The Morgan fingerprint density at radius 2 is 2.12 bits per heavy atom. The van der Waals surface area contributed by atoms with E-state index in [0.717, 1.165) is 0 Å². The Morgan fingerprint density at radius 3 is 2.65 bits per heavy atom. The average Bonchev–Trinajstić information content (AvgIpc) is 2.29. The lowest BCUT2D eigenvalue weighted by atomic mass is 9.94. The molecule has 0 bridgehead atoms. The highest BCUT2D eigenvalue weighted by Crippen LogP contribution is 2.22. The Morgan fingerprint density at radius 1 is 1.47 bits per heavy atom. The molecule has 0 radical (unpaired) electrons. The van der Waals surface area contributed by atoms with Crippen LogP contribution in [0.3, 0.4) is 0 Å². The van der Waals surface area contributed by atoms with E-state index in [9.17, 15) is 9.90 Å². The number of hydrogen-bond acceptors (Lipinski definition) is 3. The third-order valence-electron chi connectivity index (χ3n) is 3.07. The van der Waals surface area contributed by atoms with E-state index >= 15 is 0 Å². The van der Waals surface area contributed by atoms with Gasteiger partial charge in [-0.2, -0.15) is 0 Å². The first kappa shape index (κ1) is 12.3. The van der Waals surface area contributed by atoms with E-state index < -0.39 is 5.60 Å². The van der Waals surface area contributed by atoms with E-state index in [1.807, 2.05) is 0 Å². The van der Waals surface area contributed by atoms with E-state index in [-0.39, 0.29) is 5.91 Å². The molecule has 5 heteroatoms. The molecule has 0 atom stereocenters. The van der Waals surface area contributed by atoms with Gasteiger partial charge in [0.2, 0.25) is 0 Å². The summed E-state index contributed by atoms with van der Waals surface area (Å²) >= 11 is 5.72. The smallest absolute Gasteiger partial charge is 0.272 e. The van der Waals surface area contributed by atoms with Crippen LogP contribution in [0.4, 0.5) is 0 Å². The van der Waals surface area contributed by atoms with Crippen LogP contribution < -0.4 is 0 Å². The van der Waals surface area contributed by atoms with E-state index in [1.165, 1.54) is 6.20 Å². The number of aromatic nitrogens is 1. The summed E-state index contributed by atoms with van der Waals surface area (Å²) in [5.41, 5.74) is -0.250. The quantitative estimate of drug-likeness (QED) is 0.830. The summed E-state index contributed by atoms with van der Waals surface area (Å²) in [4.78, 5) is 17.8. The van der Waals surface area contributed by atoms with Crippen molar-refractivity contribution in [3.63, 3.8) is 0 Å². The summed E-state index contributed by atoms with van der Waals surface area (Å²) in [5, 5.41) is 10.3. The maximum absolute atomic E-state index is 12.1. The maximum Gasteiger partial charge on any atom is 0.272 e. The molecule has 1 saturated heterocycles. The second-order valence-electron chi connectivity index (χ2n) is 4.65. The minimum absolute atomic E-state index is 0.0998. The molecule has 1 amide bonds. The Hall–Kier alpha value is -1.13. The summed E-state index contributed by atoms with van der Waals surface area (Å²) in [5.74, 6) is -0.0998. The molecule has 4 nitrogen and oxygen atoms in total. The molecule has 2 rings (SSSR count). The number of rotatable bonds is 1. The lowest BCUT2D eigenvalue weighted by Crippen LogP contribution is -2.45. The molecule has 0 unspecified atom stereocenters. The second-order valence-corrected chi connectivity index (χ2v) is 5.09. The summed E-state index contributed by atoms with van der Waals surface area (Å²) < 4.78 is 0. The van der Waals surface area contributed by atoms with Gasteiger partial charge < -0.3 is 10.0 Å². The predicted molar refractivity (Wildman–Crippen MR) is 65.0 cm³/mol. The van der Waals surface area contributed by atoms with Crippen LogP contribution in [-0.2, 0) is 0 Å². The summed E-state index contributed by atoms with van der Waals surface area (Å²) in [6, 6.07) is 3.28. The van der Waals surface area contributed by atoms with Crippen LogP contribution in [0.1, 0.15) is 30.3 Å². The average molecular weight is 255 g/mol. The number of likely N-dealkylation sites (tertiary alicyclic amines) is 1. The number of carbonyl (C=O) groups is 1. The van der Waals surface area contributed by atoms with Crippen LogP contribution in [0, 0.1) is 0 Å². The first-order valence-corrected chi connectivity index (χ1v) is 5.99. The first-order valence-electron chi connectivity index (χ1n) is 5.61. The predicted octanol–water partition coefficient (Wildman–Crippen LogP) is 1.72. The van der Waals surface area contributed by atoms with Gasteiger partial charge >= 0.3 is 0 Å². The third kappa shape index (κ3) is 2.96. The molecule has 1 fully saturated rings. The van der Waals surface area contributed by atoms with Crippen molar-refractivity contribution in [3.05, 3.63) is 29.0 Å². The molecular formula is C12H15ClN2O2. The SMILES string of the molecule is CC1(O)CCN(C(=O)c2ccc(Cl)cn2)CC1. The number of hydrogen-bond donors (Lipinski definition) is 1. The largest absolute Gasteiger partial charge is 0.390 e. The van der Waals surface area contributed by atoms with Gasteiger partial charge in [0.1, 0.15) is 5.69 Å². The summed E-state index contributed by atoms with van der Waals surface area (Å²) in [6.07, 6.45) is 2.67. The molecule has 1 aliphatic heterocycles. The van der Waals surface area contributed by atoms with Gasteiger partial charge in [-0.3, -0.25) is 4.79 Å². The third-order valence-corrected chi connectivity index (χ3v) is 3.30. The van der Waals surface area contributed by atoms with E-state index in [4.69, 9.17) is 11.6 Å². The van der Waals surface area contributed by atoms with Crippen LogP contribution in [0.25, 0.3) is 0 Å². The lowest BCUT2D eigenvalue weighted by Gasteiger charge is -2.35. The molecule has 0 aromatic carbocycles. The summed E-state index contributed by atoms with van der Waals surface area (Å²) in [6.45, 7) is 2.93. The van der Waals surface area contributed by atoms with Gasteiger partial charge in [-0.25, -0.2) is 4.98 Å². The van der Waals surface area contributed by atoms with Gasteiger partial charge in [0.15, 0.2) is 0 Å². The van der Waals surface area contributed by atoms with Crippen molar-refractivity contribution in [3.8, 4) is 0 Å². The fraction of sp³-hybridized carbons (Fsp3) is 0.500. The molecule has 0 spiro atoms. The molecule has 1 aliphatic rings. The minimum atomic E-state index is -0.649. The highest BCUT2D eigenvalue weighted by Gasteiger charge is 2.30. The summed E-state index contributed by atoms with van der Waals surface area (Å²) in [7, 11) is 0. The topological polar surface area (TPSA) is 53.4 Å². The van der Waals surface area contributed by atoms with Gasteiger partial charge in [0.05, 0.1) is 10.6 Å². The zero-order valence-electron chi connectivity index (χ0n) is 9.69. The van der Waals surface area contributed by atoms with Crippen LogP contribution >= 0.6 is 11.6 Å². The Bertz CT molecular complexity index is 407. The normalized spacial score (nSPS) is 19.1. The van der Waals surface area contributed by atoms with E-state index in [0.29, 0.717) is 36.6 Å². The number of pyridine rings is 1. The molecule has 0 aliphatic carbocycles. The van der Waals surface area contributed by atoms with Crippen molar-refractivity contribution < 1.29 is 9.90 Å². The number of aliphatic hydroxyl groups is 1. The molecule has 0 saturated carbocycles. The monoisotopic (exact) mass is 254 g/mol. The van der Waals surface area contributed by atoms with Crippen molar-refractivity contribution in [1.82, 2.24) is 9.88 Å². The van der Waals surface area contributed by atoms with Crippen LogP contribution in [0.15, 0.2) is 18.3 Å². The number of piperidine rings is 1. The lowest BCUT2D eigenvalue weighted by molar-refractivity contribution is -0.00219. The zero-order valence-corrected chi connectivity index (χ0v) is 10.4.